The van der Waals surface area contributed by atoms with Crippen LogP contribution in [-0.4, -0.2) is 0 Å². The number of benzene rings is 3. The molecular formula is C23H17Br2Cl. The van der Waals surface area contributed by atoms with Gasteiger partial charge in [0.05, 0.1) is 0 Å². The topological polar surface area (TPSA) is 0 Å². The molecule has 130 valence electrons. The van der Waals surface area contributed by atoms with Crippen molar-refractivity contribution in [2.75, 3.05) is 0 Å². The molecule has 0 fully saturated rings. The number of rotatable bonds is 5. The lowest BCUT2D eigenvalue weighted by molar-refractivity contribution is 1.09. The lowest BCUT2D eigenvalue weighted by Gasteiger charge is -2.12. The van der Waals surface area contributed by atoms with Crippen molar-refractivity contribution >= 4 is 52.4 Å². The molecule has 0 bridgehead atoms. The number of hydrogen-bond donors (Lipinski definition) is 0. The van der Waals surface area contributed by atoms with Crippen LogP contribution in [0.5, 0.6) is 0 Å². The summed E-state index contributed by atoms with van der Waals surface area (Å²) in [5.74, 6) is 0.0939. The maximum absolute atomic E-state index is 6.07. The van der Waals surface area contributed by atoms with Crippen molar-refractivity contribution in [1.82, 2.24) is 0 Å². The summed E-state index contributed by atoms with van der Waals surface area (Å²) in [7, 11) is 0. The van der Waals surface area contributed by atoms with Crippen LogP contribution in [0.15, 0.2) is 97.1 Å². The highest BCUT2D eigenvalue weighted by atomic mass is 79.9. The molecule has 0 N–H and O–H groups in total. The molecule has 0 unspecified atom stereocenters. The van der Waals surface area contributed by atoms with E-state index in [9.17, 15) is 0 Å². The van der Waals surface area contributed by atoms with E-state index >= 15 is 0 Å². The van der Waals surface area contributed by atoms with Crippen molar-refractivity contribution < 1.29 is 0 Å². The van der Waals surface area contributed by atoms with Crippen molar-refractivity contribution in [3.05, 3.63) is 119 Å². The molecule has 3 aromatic carbocycles. The zero-order valence-electron chi connectivity index (χ0n) is 13.9. The lowest BCUT2D eigenvalue weighted by atomic mass is 9.96. The minimum absolute atomic E-state index is 0.0939. The average molecular weight is 489 g/mol. The molecule has 0 aliphatic carbocycles. The molecule has 0 spiro atoms. The normalized spacial score (nSPS) is 12.5. The van der Waals surface area contributed by atoms with Gasteiger partial charge in [0.15, 0.2) is 0 Å². The van der Waals surface area contributed by atoms with E-state index in [0.29, 0.717) is 0 Å². The largest absolute Gasteiger partial charge is 0.0843 e. The van der Waals surface area contributed by atoms with Crippen LogP contribution in [0.2, 0.25) is 5.02 Å². The van der Waals surface area contributed by atoms with E-state index in [1.807, 2.05) is 48.5 Å². The summed E-state index contributed by atoms with van der Waals surface area (Å²) < 4.78 is 2.12. The van der Waals surface area contributed by atoms with Gasteiger partial charge >= 0.3 is 0 Å². The second kappa shape index (κ2) is 9.36. The molecule has 0 radical (unpaired) electrons. The predicted molar refractivity (Wildman–Crippen MR) is 121 cm³/mol. The van der Waals surface area contributed by atoms with Gasteiger partial charge < -0.3 is 0 Å². The summed E-state index contributed by atoms with van der Waals surface area (Å²) in [5.41, 5.74) is 3.47. The molecule has 26 heavy (non-hydrogen) atoms. The van der Waals surface area contributed by atoms with Gasteiger partial charge in [-0.3, -0.25) is 0 Å². The monoisotopic (exact) mass is 486 g/mol. The number of allylic oxidation sites excluding steroid dienone is 2. The molecule has 0 atom stereocenters. The molecule has 0 heterocycles. The van der Waals surface area contributed by atoms with Crippen molar-refractivity contribution in [2.24, 2.45) is 0 Å². The van der Waals surface area contributed by atoms with Crippen LogP contribution >= 0.6 is 43.5 Å². The van der Waals surface area contributed by atoms with Gasteiger partial charge in [0.1, 0.15) is 0 Å². The number of hydrogen-bond acceptors (Lipinski definition) is 0. The Morgan fingerprint density at radius 2 is 1.08 bits per heavy atom. The summed E-state index contributed by atoms with van der Waals surface area (Å²) in [6.45, 7) is 0. The minimum atomic E-state index is 0.0939. The summed E-state index contributed by atoms with van der Waals surface area (Å²) in [6, 6.07) is 28.6. The quantitative estimate of drug-likeness (QED) is 0.339. The van der Waals surface area contributed by atoms with E-state index in [4.69, 9.17) is 11.6 Å². The van der Waals surface area contributed by atoms with E-state index in [0.717, 1.165) is 25.1 Å². The summed E-state index contributed by atoms with van der Waals surface area (Å²) in [5, 5.41) is 0.740. The predicted octanol–water partition coefficient (Wildman–Crippen LogP) is 8.30. The second-order valence-corrected chi connectivity index (χ2v) is 7.98. The van der Waals surface area contributed by atoms with Crippen molar-refractivity contribution in [2.45, 2.75) is 5.92 Å². The SMILES string of the molecule is Clc1ccc(C(/C=C(\Br)c2ccccc2)/C=C(\Br)c2ccccc2)cc1. The zero-order chi connectivity index (χ0) is 18.4. The molecule has 0 aliphatic rings. The Bertz CT molecular complexity index is 842. The van der Waals surface area contributed by atoms with Crippen LogP contribution in [0, 0.1) is 0 Å². The van der Waals surface area contributed by atoms with Crippen LogP contribution in [0.25, 0.3) is 8.96 Å². The highest BCUT2D eigenvalue weighted by Crippen LogP contribution is 2.33. The third-order valence-electron chi connectivity index (χ3n) is 4.01. The fraction of sp³-hybridized carbons (Fsp3) is 0.0435. The average Bonchev–Trinajstić information content (AvgIpc) is 2.69. The highest BCUT2D eigenvalue weighted by molar-refractivity contribution is 9.15. The highest BCUT2D eigenvalue weighted by Gasteiger charge is 2.10. The minimum Gasteiger partial charge on any atom is -0.0843 e. The Labute approximate surface area is 176 Å². The van der Waals surface area contributed by atoms with Crippen molar-refractivity contribution in [3.8, 4) is 0 Å². The third kappa shape index (κ3) is 5.20. The molecule has 3 aromatic rings. The molecule has 3 heteroatoms. The van der Waals surface area contributed by atoms with Crippen LogP contribution < -0.4 is 0 Å². The Kier molecular flexibility index (Phi) is 6.90. The van der Waals surface area contributed by atoms with Gasteiger partial charge in [0, 0.05) is 19.9 Å². The van der Waals surface area contributed by atoms with Crippen LogP contribution in [-0.2, 0) is 0 Å². The smallest absolute Gasteiger partial charge is 0.0406 e. The Balaban J connectivity index is 2.01. The first-order valence-electron chi connectivity index (χ1n) is 8.24. The maximum Gasteiger partial charge on any atom is 0.0406 e. The van der Waals surface area contributed by atoms with Gasteiger partial charge in [0.2, 0.25) is 0 Å². The third-order valence-corrected chi connectivity index (χ3v) is 5.70. The molecule has 0 saturated carbocycles. The molecule has 0 saturated heterocycles. The summed E-state index contributed by atoms with van der Waals surface area (Å²) in [4.78, 5) is 0. The summed E-state index contributed by atoms with van der Waals surface area (Å²) in [6.07, 6.45) is 4.42. The van der Waals surface area contributed by atoms with E-state index in [-0.39, 0.29) is 5.92 Å². The first-order valence-corrected chi connectivity index (χ1v) is 10.2. The standard InChI is InChI=1S/C23H17Br2Cl/c24-22(18-7-3-1-4-8-18)15-20(17-11-13-21(26)14-12-17)16-23(25)19-9-5-2-6-10-19/h1-16,20H/b22-15-,23-16-. The van der Waals surface area contributed by atoms with Gasteiger partial charge in [-0.15, -0.1) is 0 Å². The Hall–Kier alpha value is -1.61. The first kappa shape index (κ1) is 19.2. The zero-order valence-corrected chi connectivity index (χ0v) is 17.9. The van der Waals surface area contributed by atoms with Gasteiger partial charge in [-0.2, -0.15) is 0 Å². The van der Waals surface area contributed by atoms with Crippen molar-refractivity contribution in [3.63, 3.8) is 0 Å². The lowest BCUT2D eigenvalue weighted by Crippen LogP contribution is -1.93. The van der Waals surface area contributed by atoms with Gasteiger partial charge in [0.25, 0.3) is 0 Å². The van der Waals surface area contributed by atoms with E-state index in [2.05, 4.69) is 80.4 Å². The first-order chi connectivity index (χ1) is 12.6. The Morgan fingerprint density at radius 1 is 0.654 bits per heavy atom. The van der Waals surface area contributed by atoms with Crippen LogP contribution in [0.1, 0.15) is 22.6 Å². The molecular weight excluding hydrogens is 472 g/mol. The Morgan fingerprint density at radius 3 is 1.50 bits per heavy atom. The van der Waals surface area contributed by atoms with Gasteiger partial charge in [-0.05, 0) is 28.8 Å². The molecule has 0 nitrogen and oxygen atoms in total. The fourth-order valence-corrected chi connectivity index (χ4v) is 3.85. The molecule has 3 rings (SSSR count). The number of halogens is 3. The van der Waals surface area contributed by atoms with Gasteiger partial charge in [-0.25, -0.2) is 0 Å². The van der Waals surface area contributed by atoms with E-state index < -0.39 is 0 Å². The van der Waals surface area contributed by atoms with Crippen molar-refractivity contribution in [1.29, 1.82) is 0 Å². The summed E-state index contributed by atoms with van der Waals surface area (Å²) >= 11 is 13.5. The molecule has 0 amide bonds. The second-order valence-electron chi connectivity index (χ2n) is 5.84. The van der Waals surface area contributed by atoms with Crippen LogP contribution in [0.3, 0.4) is 0 Å². The van der Waals surface area contributed by atoms with E-state index in [1.54, 1.807) is 0 Å². The maximum atomic E-state index is 6.07. The van der Waals surface area contributed by atoms with Crippen LogP contribution in [0.4, 0.5) is 0 Å². The molecule has 0 aliphatic heterocycles. The van der Waals surface area contributed by atoms with E-state index in [1.165, 1.54) is 5.56 Å². The van der Waals surface area contributed by atoms with Gasteiger partial charge in [-0.1, -0.05) is 128 Å². The molecule has 0 aromatic heterocycles. The fourth-order valence-electron chi connectivity index (χ4n) is 2.63.